The maximum Gasteiger partial charge on any atom is 0.0200 e. The molecule has 1 heterocycles. The van der Waals surface area contributed by atoms with E-state index in [1.54, 1.807) is 0 Å². The molecule has 0 bridgehead atoms. The molecule has 1 aliphatic rings. The van der Waals surface area contributed by atoms with Crippen LogP contribution < -0.4 is 0 Å². The van der Waals surface area contributed by atoms with Crippen LogP contribution in [0.4, 0.5) is 0 Å². The molecule has 1 aliphatic heterocycles. The fraction of sp³-hybridized carbons (Fsp3) is 0.778. The summed E-state index contributed by atoms with van der Waals surface area (Å²) >= 11 is 4.27. The van der Waals surface area contributed by atoms with Gasteiger partial charge in [0.2, 0.25) is 0 Å². The zero-order valence-corrected chi connectivity index (χ0v) is 8.11. The zero-order chi connectivity index (χ0) is 8.10. The smallest absolute Gasteiger partial charge is 0.0200 e. The molecule has 0 unspecified atom stereocenters. The average Bonchev–Trinajstić information content (AvgIpc) is 2.52. The normalized spacial score (nSPS) is 21.1. The molecule has 11 heavy (non-hydrogen) atoms. The fourth-order valence-electron chi connectivity index (χ4n) is 1.46. The number of thiol groups is 1. The summed E-state index contributed by atoms with van der Waals surface area (Å²) in [6.45, 7) is 5.80. The lowest BCUT2D eigenvalue weighted by molar-refractivity contribution is 0.369. The minimum absolute atomic E-state index is 0.910. The van der Waals surface area contributed by atoms with Gasteiger partial charge < -0.3 is 0 Å². The number of likely N-dealkylation sites (tertiary alicyclic amines) is 1. The molecule has 1 nitrogen and oxygen atoms in total. The standard InChI is InChI=1S/C9H17NS/c1-2-9(8-11)7-10-5-3-4-6-10/h2,11H,3-8H2,1H3. The maximum absolute atomic E-state index is 4.27. The Morgan fingerprint density at radius 2 is 2.09 bits per heavy atom. The average molecular weight is 171 g/mol. The van der Waals surface area contributed by atoms with Crippen LogP contribution in [0.25, 0.3) is 0 Å². The molecule has 0 aromatic rings. The van der Waals surface area contributed by atoms with Crippen molar-refractivity contribution in [2.45, 2.75) is 19.8 Å². The first-order valence-corrected chi connectivity index (χ1v) is 4.97. The first kappa shape index (κ1) is 9.14. The van der Waals surface area contributed by atoms with Gasteiger partial charge in [-0.1, -0.05) is 11.6 Å². The van der Waals surface area contributed by atoms with Crippen molar-refractivity contribution in [1.29, 1.82) is 0 Å². The largest absolute Gasteiger partial charge is 0.299 e. The molecule has 0 aliphatic carbocycles. The van der Waals surface area contributed by atoms with Crippen molar-refractivity contribution < 1.29 is 0 Å². The highest BCUT2D eigenvalue weighted by Crippen LogP contribution is 2.10. The van der Waals surface area contributed by atoms with Crippen LogP contribution >= 0.6 is 12.6 Å². The molecule has 0 aromatic heterocycles. The Hall–Kier alpha value is 0.0500. The van der Waals surface area contributed by atoms with E-state index in [2.05, 4.69) is 30.5 Å². The zero-order valence-electron chi connectivity index (χ0n) is 7.21. The number of nitrogens with zero attached hydrogens (tertiary/aromatic N) is 1. The van der Waals surface area contributed by atoms with E-state index in [1.807, 2.05) is 0 Å². The van der Waals surface area contributed by atoms with Crippen LogP contribution in [0.5, 0.6) is 0 Å². The van der Waals surface area contributed by atoms with Gasteiger partial charge in [0.15, 0.2) is 0 Å². The second-order valence-electron chi connectivity index (χ2n) is 3.09. The molecular formula is C9H17NS. The minimum Gasteiger partial charge on any atom is -0.299 e. The molecular weight excluding hydrogens is 154 g/mol. The van der Waals surface area contributed by atoms with Crippen LogP contribution in [0.2, 0.25) is 0 Å². The third-order valence-corrected chi connectivity index (χ3v) is 2.64. The summed E-state index contributed by atoms with van der Waals surface area (Å²) in [5.74, 6) is 0.910. The van der Waals surface area contributed by atoms with Crippen LogP contribution in [-0.4, -0.2) is 30.3 Å². The van der Waals surface area contributed by atoms with E-state index in [0.717, 1.165) is 12.3 Å². The third kappa shape index (κ3) is 2.88. The molecule has 0 amide bonds. The lowest BCUT2D eigenvalue weighted by Gasteiger charge is -2.15. The summed E-state index contributed by atoms with van der Waals surface area (Å²) < 4.78 is 0. The van der Waals surface area contributed by atoms with Crippen molar-refractivity contribution in [2.24, 2.45) is 0 Å². The van der Waals surface area contributed by atoms with Crippen LogP contribution in [0.1, 0.15) is 19.8 Å². The van der Waals surface area contributed by atoms with E-state index in [9.17, 15) is 0 Å². The molecule has 1 rings (SSSR count). The van der Waals surface area contributed by atoms with Gasteiger partial charge in [-0.3, -0.25) is 4.90 Å². The van der Waals surface area contributed by atoms with E-state index in [4.69, 9.17) is 0 Å². The number of hydrogen-bond acceptors (Lipinski definition) is 2. The van der Waals surface area contributed by atoms with Gasteiger partial charge in [-0.15, -0.1) is 0 Å². The predicted molar refractivity (Wildman–Crippen MR) is 53.3 cm³/mol. The predicted octanol–water partition coefficient (Wildman–Crippen LogP) is 1.96. The number of rotatable bonds is 3. The Morgan fingerprint density at radius 3 is 2.55 bits per heavy atom. The second kappa shape index (κ2) is 4.83. The third-order valence-electron chi connectivity index (χ3n) is 2.24. The Labute approximate surface area is 74.9 Å². The van der Waals surface area contributed by atoms with Gasteiger partial charge in [-0.2, -0.15) is 12.6 Å². The van der Waals surface area contributed by atoms with E-state index in [-0.39, 0.29) is 0 Å². The molecule has 1 saturated heterocycles. The van der Waals surface area contributed by atoms with E-state index < -0.39 is 0 Å². The van der Waals surface area contributed by atoms with Gasteiger partial charge in [-0.05, 0) is 32.9 Å². The summed E-state index contributed by atoms with van der Waals surface area (Å²) in [4.78, 5) is 2.51. The Morgan fingerprint density at radius 1 is 1.45 bits per heavy atom. The van der Waals surface area contributed by atoms with Gasteiger partial charge in [0, 0.05) is 12.3 Å². The Balaban J connectivity index is 2.27. The quantitative estimate of drug-likeness (QED) is 0.502. The van der Waals surface area contributed by atoms with Crippen molar-refractivity contribution in [3.8, 4) is 0 Å². The van der Waals surface area contributed by atoms with Gasteiger partial charge >= 0.3 is 0 Å². The highest BCUT2D eigenvalue weighted by atomic mass is 32.1. The first-order chi connectivity index (χ1) is 5.36. The topological polar surface area (TPSA) is 3.24 Å². The SMILES string of the molecule is CC=C(CS)CN1CCCC1. The molecule has 0 aromatic carbocycles. The summed E-state index contributed by atoms with van der Waals surface area (Å²) in [6, 6.07) is 0. The van der Waals surface area contributed by atoms with Crippen molar-refractivity contribution >= 4 is 12.6 Å². The van der Waals surface area contributed by atoms with Crippen molar-refractivity contribution in [3.63, 3.8) is 0 Å². The van der Waals surface area contributed by atoms with Gasteiger partial charge in [0.25, 0.3) is 0 Å². The van der Waals surface area contributed by atoms with Gasteiger partial charge in [-0.25, -0.2) is 0 Å². The molecule has 64 valence electrons. The Bertz CT molecular complexity index is 136. The first-order valence-electron chi connectivity index (χ1n) is 4.34. The Kier molecular flexibility index (Phi) is 4.02. The number of allylic oxidation sites excluding steroid dienone is 1. The lowest BCUT2D eigenvalue weighted by atomic mass is 10.3. The van der Waals surface area contributed by atoms with E-state index >= 15 is 0 Å². The summed E-state index contributed by atoms with van der Waals surface area (Å²) in [5, 5.41) is 0. The van der Waals surface area contributed by atoms with Crippen LogP contribution in [0.3, 0.4) is 0 Å². The minimum atomic E-state index is 0.910. The van der Waals surface area contributed by atoms with Crippen molar-refractivity contribution in [1.82, 2.24) is 4.90 Å². The van der Waals surface area contributed by atoms with Gasteiger partial charge in [0.05, 0.1) is 0 Å². The molecule has 0 atom stereocenters. The van der Waals surface area contributed by atoms with Crippen LogP contribution in [0, 0.1) is 0 Å². The van der Waals surface area contributed by atoms with E-state index in [1.165, 1.54) is 31.5 Å². The highest BCUT2D eigenvalue weighted by Gasteiger charge is 2.11. The lowest BCUT2D eigenvalue weighted by Crippen LogP contribution is -2.22. The van der Waals surface area contributed by atoms with Gasteiger partial charge in [0.1, 0.15) is 0 Å². The number of hydrogen-bond donors (Lipinski definition) is 1. The fourth-order valence-corrected chi connectivity index (χ4v) is 1.74. The molecule has 0 saturated carbocycles. The van der Waals surface area contributed by atoms with E-state index in [0.29, 0.717) is 0 Å². The van der Waals surface area contributed by atoms with Crippen molar-refractivity contribution in [2.75, 3.05) is 25.4 Å². The molecule has 0 radical (unpaired) electrons. The van der Waals surface area contributed by atoms with Crippen LogP contribution in [-0.2, 0) is 0 Å². The molecule has 1 fully saturated rings. The summed E-state index contributed by atoms with van der Waals surface area (Å²) in [6.07, 6.45) is 4.94. The monoisotopic (exact) mass is 171 g/mol. The van der Waals surface area contributed by atoms with Crippen LogP contribution in [0.15, 0.2) is 11.6 Å². The van der Waals surface area contributed by atoms with Crippen molar-refractivity contribution in [3.05, 3.63) is 11.6 Å². The molecule has 0 spiro atoms. The maximum atomic E-state index is 4.27. The highest BCUT2D eigenvalue weighted by molar-refractivity contribution is 7.80. The summed E-state index contributed by atoms with van der Waals surface area (Å²) in [5.41, 5.74) is 1.45. The summed E-state index contributed by atoms with van der Waals surface area (Å²) in [7, 11) is 0. The molecule has 0 N–H and O–H groups in total. The second-order valence-corrected chi connectivity index (χ2v) is 3.40. The molecule has 2 heteroatoms.